The molecule has 0 aliphatic carbocycles. The van der Waals surface area contributed by atoms with Crippen molar-refractivity contribution in [2.24, 2.45) is 0 Å². The van der Waals surface area contributed by atoms with Crippen LogP contribution in [-0.2, 0) is 12.8 Å². The lowest BCUT2D eigenvalue weighted by Gasteiger charge is -2.19. The number of rotatable bonds is 3. The first-order chi connectivity index (χ1) is 8.92. The lowest BCUT2D eigenvalue weighted by Crippen LogP contribution is -2.30. The molecule has 1 saturated heterocycles. The first-order valence-electron chi connectivity index (χ1n) is 7.20. The molecule has 0 saturated carbocycles. The van der Waals surface area contributed by atoms with Crippen molar-refractivity contribution in [2.75, 3.05) is 44.6 Å². The van der Waals surface area contributed by atoms with Crippen molar-refractivity contribution in [1.29, 1.82) is 0 Å². The van der Waals surface area contributed by atoms with Gasteiger partial charge in [-0.3, -0.25) is 0 Å². The zero-order valence-electron chi connectivity index (χ0n) is 11.0. The number of anilines is 1. The fourth-order valence-corrected chi connectivity index (χ4v) is 2.93. The van der Waals surface area contributed by atoms with Crippen LogP contribution < -0.4 is 10.6 Å². The average molecular weight is 245 g/mol. The molecule has 3 nitrogen and oxygen atoms in total. The Kier molecular flexibility index (Phi) is 3.81. The highest BCUT2D eigenvalue weighted by Crippen LogP contribution is 2.23. The Balaban J connectivity index is 1.56. The SMILES string of the molecule is c1cc2c(cc1CCN1CCCNCC1)CCN2. The molecule has 18 heavy (non-hydrogen) atoms. The molecule has 0 radical (unpaired) electrons. The second-order valence-corrected chi connectivity index (χ2v) is 5.36. The van der Waals surface area contributed by atoms with Gasteiger partial charge in [-0.25, -0.2) is 0 Å². The van der Waals surface area contributed by atoms with Crippen LogP contribution in [0.25, 0.3) is 0 Å². The van der Waals surface area contributed by atoms with Crippen LogP contribution in [0.5, 0.6) is 0 Å². The molecule has 3 heteroatoms. The van der Waals surface area contributed by atoms with E-state index in [9.17, 15) is 0 Å². The molecule has 0 bridgehead atoms. The summed E-state index contributed by atoms with van der Waals surface area (Å²) >= 11 is 0. The lowest BCUT2D eigenvalue weighted by molar-refractivity contribution is 0.296. The number of nitrogens with zero attached hydrogens (tertiary/aromatic N) is 1. The van der Waals surface area contributed by atoms with Gasteiger partial charge in [-0.1, -0.05) is 12.1 Å². The maximum Gasteiger partial charge on any atom is 0.0373 e. The molecule has 98 valence electrons. The summed E-state index contributed by atoms with van der Waals surface area (Å²) in [5.74, 6) is 0. The van der Waals surface area contributed by atoms with E-state index in [1.165, 1.54) is 62.3 Å². The van der Waals surface area contributed by atoms with Gasteiger partial charge in [0.25, 0.3) is 0 Å². The highest BCUT2D eigenvalue weighted by molar-refractivity contribution is 5.56. The Morgan fingerprint density at radius 1 is 1.11 bits per heavy atom. The van der Waals surface area contributed by atoms with E-state index in [1.54, 1.807) is 0 Å². The zero-order valence-corrected chi connectivity index (χ0v) is 11.0. The molecule has 1 fully saturated rings. The summed E-state index contributed by atoms with van der Waals surface area (Å²) in [6.45, 7) is 7.09. The summed E-state index contributed by atoms with van der Waals surface area (Å²) in [7, 11) is 0. The third-order valence-corrected chi connectivity index (χ3v) is 4.03. The van der Waals surface area contributed by atoms with Gasteiger partial charge < -0.3 is 15.5 Å². The maximum absolute atomic E-state index is 3.46. The van der Waals surface area contributed by atoms with Crippen molar-refractivity contribution in [2.45, 2.75) is 19.3 Å². The molecule has 0 aromatic heterocycles. The predicted molar refractivity (Wildman–Crippen MR) is 76.3 cm³/mol. The van der Waals surface area contributed by atoms with Crippen LogP contribution in [-0.4, -0.2) is 44.2 Å². The van der Waals surface area contributed by atoms with Gasteiger partial charge in [0.2, 0.25) is 0 Å². The van der Waals surface area contributed by atoms with E-state index in [0.29, 0.717) is 0 Å². The molecule has 2 aliphatic heterocycles. The monoisotopic (exact) mass is 245 g/mol. The number of fused-ring (bicyclic) bond motifs is 1. The highest BCUT2D eigenvalue weighted by atomic mass is 15.1. The zero-order chi connectivity index (χ0) is 12.2. The first kappa shape index (κ1) is 12.0. The van der Waals surface area contributed by atoms with Gasteiger partial charge >= 0.3 is 0 Å². The van der Waals surface area contributed by atoms with Crippen LogP contribution in [0.1, 0.15) is 17.5 Å². The van der Waals surface area contributed by atoms with Crippen LogP contribution in [0.3, 0.4) is 0 Å². The molecule has 2 aliphatic rings. The van der Waals surface area contributed by atoms with E-state index in [0.717, 1.165) is 13.1 Å². The summed E-state index contributed by atoms with van der Waals surface area (Å²) < 4.78 is 0. The van der Waals surface area contributed by atoms with E-state index < -0.39 is 0 Å². The number of hydrogen-bond acceptors (Lipinski definition) is 3. The fraction of sp³-hybridized carbons (Fsp3) is 0.600. The number of benzene rings is 1. The van der Waals surface area contributed by atoms with Crippen molar-refractivity contribution in [1.82, 2.24) is 10.2 Å². The third kappa shape index (κ3) is 2.85. The van der Waals surface area contributed by atoms with Crippen molar-refractivity contribution in [3.8, 4) is 0 Å². The largest absolute Gasteiger partial charge is 0.384 e. The quantitative estimate of drug-likeness (QED) is 0.845. The Labute approximate surface area is 110 Å². The van der Waals surface area contributed by atoms with E-state index in [1.807, 2.05) is 0 Å². The van der Waals surface area contributed by atoms with Crippen molar-refractivity contribution in [3.05, 3.63) is 29.3 Å². The molecular weight excluding hydrogens is 222 g/mol. The number of nitrogens with one attached hydrogen (secondary N) is 2. The summed E-state index contributed by atoms with van der Waals surface area (Å²) in [5.41, 5.74) is 4.34. The highest BCUT2D eigenvalue weighted by Gasteiger charge is 2.11. The molecule has 2 heterocycles. The molecule has 2 N–H and O–H groups in total. The molecule has 0 atom stereocenters. The predicted octanol–water partition coefficient (Wildman–Crippen LogP) is 1.49. The van der Waals surface area contributed by atoms with Gasteiger partial charge in [0.05, 0.1) is 0 Å². The summed E-state index contributed by atoms with van der Waals surface area (Å²) in [5, 5.41) is 6.88. The molecule has 3 rings (SSSR count). The lowest BCUT2D eigenvalue weighted by atomic mass is 10.1. The van der Waals surface area contributed by atoms with Crippen molar-refractivity contribution in [3.63, 3.8) is 0 Å². The normalized spacial score (nSPS) is 20.2. The van der Waals surface area contributed by atoms with E-state index in [4.69, 9.17) is 0 Å². The molecule has 0 spiro atoms. The molecule has 0 unspecified atom stereocenters. The van der Waals surface area contributed by atoms with E-state index in [-0.39, 0.29) is 0 Å². The van der Waals surface area contributed by atoms with Crippen LogP contribution in [0, 0.1) is 0 Å². The summed E-state index contributed by atoms with van der Waals surface area (Å²) in [6, 6.07) is 6.93. The maximum atomic E-state index is 3.46. The van der Waals surface area contributed by atoms with Crippen LogP contribution >= 0.6 is 0 Å². The second-order valence-electron chi connectivity index (χ2n) is 5.36. The fourth-order valence-electron chi connectivity index (χ4n) is 2.93. The minimum absolute atomic E-state index is 1.11. The Morgan fingerprint density at radius 3 is 3.11 bits per heavy atom. The van der Waals surface area contributed by atoms with Gasteiger partial charge in [-0.2, -0.15) is 0 Å². The van der Waals surface area contributed by atoms with Crippen LogP contribution in [0.4, 0.5) is 5.69 Å². The molecule has 0 amide bonds. The van der Waals surface area contributed by atoms with Gasteiger partial charge in [-0.05, 0) is 49.5 Å². The summed E-state index contributed by atoms with van der Waals surface area (Å²) in [4.78, 5) is 2.59. The van der Waals surface area contributed by atoms with Gasteiger partial charge in [-0.15, -0.1) is 0 Å². The minimum atomic E-state index is 1.11. The number of hydrogen-bond donors (Lipinski definition) is 2. The van der Waals surface area contributed by atoms with E-state index in [2.05, 4.69) is 33.7 Å². The standard InChI is InChI=1S/C15H23N3/c1-6-16-8-11-18(9-1)10-5-13-2-3-15-14(12-13)4-7-17-15/h2-3,12,16-17H,1,4-11H2. The molecule has 1 aromatic rings. The third-order valence-electron chi connectivity index (χ3n) is 4.03. The van der Waals surface area contributed by atoms with Gasteiger partial charge in [0.15, 0.2) is 0 Å². The molecular formula is C15H23N3. The Bertz CT molecular complexity index is 395. The van der Waals surface area contributed by atoms with E-state index >= 15 is 0 Å². The molecule has 1 aromatic carbocycles. The smallest absolute Gasteiger partial charge is 0.0373 e. The first-order valence-corrected chi connectivity index (χ1v) is 7.20. The van der Waals surface area contributed by atoms with Gasteiger partial charge in [0, 0.05) is 31.9 Å². The van der Waals surface area contributed by atoms with Crippen LogP contribution in [0.2, 0.25) is 0 Å². The topological polar surface area (TPSA) is 27.3 Å². The van der Waals surface area contributed by atoms with Crippen molar-refractivity contribution >= 4 is 5.69 Å². The Morgan fingerprint density at radius 2 is 2.11 bits per heavy atom. The van der Waals surface area contributed by atoms with Gasteiger partial charge in [0.1, 0.15) is 0 Å². The summed E-state index contributed by atoms with van der Waals surface area (Å²) in [6.07, 6.45) is 3.66. The second kappa shape index (κ2) is 5.72. The van der Waals surface area contributed by atoms with Crippen LogP contribution in [0.15, 0.2) is 18.2 Å². The minimum Gasteiger partial charge on any atom is -0.384 e. The Hall–Kier alpha value is -1.06. The van der Waals surface area contributed by atoms with Crippen molar-refractivity contribution < 1.29 is 0 Å². The average Bonchev–Trinajstić information content (AvgIpc) is 2.70.